The smallest absolute Gasteiger partial charge is 0.373 e. The van der Waals surface area contributed by atoms with Gasteiger partial charge in [-0.3, -0.25) is 0 Å². The molecule has 1 aromatic rings. The van der Waals surface area contributed by atoms with Crippen LogP contribution in [0.5, 0.6) is 5.75 Å². The molecule has 1 aromatic carbocycles. The van der Waals surface area contributed by atoms with Gasteiger partial charge in [0.15, 0.2) is 0 Å². The molecular formula is C20H28O7. The second-order valence-electron chi connectivity index (χ2n) is 4.74. The normalized spacial score (nSPS) is 9.41. The standard InChI is InChI=1S/C11H12O3.C9H16O4/c1-3-13-11(12)9(2)14-10-7-5-4-6-8-10;1-3-9(10)13-8-7-12-6-5-11-4-2/h4-8H,2-3H2,1H3;3H,1,4-8H2,2H3. The van der Waals surface area contributed by atoms with Gasteiger partial charge >= 0.3 is 11.9 Å². The summed E-state index contributed by atoms with van der Waals surface area (Å²) in [6.45, 7) is 13.2. The monoisotopic (exact) mass is 380 g/mol. The van der Waals surface area contributed by atoms with Crippen LogP contribution in [-0.2, 0) is 28.5 Å². The Labute approximate surface area is 160 Å². The van der Waals surface area contributed by atoms with Gasteiger partial charge in [-0.1, -0.05) is 24.8 Å². The average molecular weight is 380 g/mol. The second kappa shape index (κ2) is 16.8. The predicted molar refractivity (Wildman–Crippen MR) is 101 cm³/mol. The molecule has 0 aromatic heterocycles. The molecule has 150 valence electrons. The van der Waals surface area contributed by atoms with E-state index >= 15 is 0 Å². The summed E-state index contributed by atoms with van der Waals surface area (Å²) in [6, 6.07) is 8.97. The Morgan fingerprint density at radius 3 is 2.15 bits per heavy atom. The van der Waals surface area contributed by atoms with Crippen LogP contribution in [0.4, 0.5) is 0 Å². The Hall–Kier alpha value is -2.64. The molecule has 0 radical (unpaired) electrons. The molecule has 0 unspecified atom stereocenters. The predicted octanol–water partition coefficient (Wildman–Crippen LogP) is 2.91. The quantitative estimate of drug-likeness (QED) is 0.239. The van der Waals surface area contributed by atoms with Crippen LogP contribution in [0, 0.1) is 0 Å². The van der Waals surface area contributed by atoms with Gasteiger partial charge in [0.1, 0.15) is 12.4 Å². The third-order valence-corrected chi connectivity index (χ3v) is 2.70. The number of ether oxygens (including phenoxy) is 5. The lowest BCUT2D eigenvalue weighted by Gasteiger charge is -2.06. The molecule has 7 nitrogen and oxygen atoms in total. The van der Waals surface area contributed by atoms with Crippen molar-refractivity contribution in [2.75, 3.05) is 39.6 Å². The number of carbonyl (C=O) groups excluding carboxylic acids is 2. The average Bonchev–Trinajstić information content (AvgIpc) is 2.68. The highest BCUT2D eigenvalue weighted by molar-refractivity contribution is 5.86. The van der Waals surface area contributed by atoms with E-state index in [9.17, 15) is 9.59 Å². The molecule has 0 spiro atoms. The Kier molecular flexibility index (Phi) is 15.2. The molecule has 0 fully saturated rings. The lowest BCUT2D eigenvalue weighted by atomic mass is 10.3. The summed E-state index contributed by atoms with van der Waals surface area (Å²) >= 11 is 0. The van der Waals surface area contributed by atoms with Gasteiger partial charge in [-0.05, 0) is 32.6 Å². The number of hydrogen-bond donors (Lipinski definition) is 0. The first-order valence-corrected chi connectivity index (χ1v) is 8.58. The van der Waals surface area contributed by atoms with Crippen molar-refractivity contribution in [2.24, 2.45) is 0 Å². The highest BCUT2D eigenvalue weighted by Gasteiger charge is 2.09. The molecule has 0 saturated heterocycles. The van der Waals surface area contributed by atoms with Gasteiger partial charge in [0.25, 0.3) is 0 Å². The maximum Gasteiger partial charge on any atom is 0.373 e. The summed E-state index contributed by atoms with van der Waals surface area (Å²) in [5, 5.41) is 0. The molecule has 1 rings (SSSR count). The van der Waals surface area contributed by atoms with Crippen LogP contribution in [0.3, 0.4) is 0 Å². The molecule has 0 bridgehead atoms. The van der Waals surface area contributed by atoms with E-state index in [1.165, 1.54) is 0 Å². The molecule has 0 amide bonds. The SMILES string of the molecule is C=C(Oc1ccccc1)C(=O)OCC.C=CC(=O)OCCOCCOCC. The van der Waals surface area contributed by atoms with Crippen LogP contribution in [0.1, 0.15) is 13.8 Å². The van der Waals surface area contributed by atoms with Crippen LogP contribution in [0.15, 0.2) is 55.3 Å². The first-order valence-electron chi connectivity index (χ1n) is 8.58. The minimum Gasteiger partial charge on any atom is -0.460 e. The first kappa shape index (κ1) is 24.4. The van der Waals surface area contributed by atoms with Crippen molar-refractivity contribution in [3.05, 3.63) is 55.3 Å². The van der Waals surface area contributed by atoms with Crippen LogP contribution < -0.4 is 4.74 Å². The van der Waals surface area contributed by atoms with E-state index in [1.54, 1.807) is 19.1 Å². The summed E-state index contributed by atoms with van der Waals surface area (Å²) in [6.07, 6.45) is 1.13. The van der Waals surface area contributed by atoms with E-state index in [2.05, 4.69) is 17.9 Å². The minimum atomic E-state index is -0.531. The van der Waals surface area contributed by atoms with Crippen molar-refractivity contribution in [1.82, 2.24) is 0 Å². The summed E-state index contributed by atoms with van der Waals surface area (Å²) < 4.78 is 24.7. The zero-order chi connectivity index (χ0) is 20.3. The van der Waals surface area contributed by atoms with Crippen LogP contribution in [0.25, 0.3) is 0 Å². The third-order valence-electron chi connectivity index (χ3n) is 2.70. The number of rotatable bonds is 12. The Balaban J connectivity index is 0.000000503. The van der Waals surface area contributed by atoms with Gasteiger partial charge in [-0.2, -0.15) is 0 Å². The maximum absolute atomic E-state index is 11.1. The van der Waals surface area contributed by atoms with Crippen LogP contribution in [-0.4, -0.2) is 51.6 Å². The molecule has 0 saturated carbocycles. The fourth-order valence-electron chi connectivity index (χ4n) is 1.51. The molecule has 7 heteroatoms. The summed E-state index contributed by atoms with van der Waals surface area (Å²) in [4.78, 5) is 21.6. The lowest BCUT2D eigenvalue weighted by Crippen LogP contribution is -2.11. The third kappa shape index (κ3) is 14.2. The number of benzene rings is 1. The minimum absolute atomic E-state index is 0.00181. The zero-order valence-corrected chi connectivity index (χ0v) is 16.0. The van der Waals surface area contributed by atoms with Crippen molar-refractivity contribution in [1.29, 1.82) is 0 Å². The fraction of sp³-hybridized carbons (Fsp3) is 0.400. The summed E-state index contributed by atoms with van der Waals surface area (Å²) in [5.74, 6) is -0.381. The summed E-state index contributed by atoms with van der Waals surface area (Å²) in [5.41, 5.74) is 0. The number of carbonyl (C=O) groups is 2. The fourth-order valence-corrected chi connectivity index (χ4v) is 1.51. The molecule has 0 N–H and O–H groups in total. The zero-order valence-electron chi connectivity index (χ0n) is 16.0. The van der Waals surface area contributed by atoms with E-state index in [-0.39, 0.29) is 12.4 Å². The van der Waals surface area contributed by atoms with Gasteiger partial charge < -0.3 is 23.7 Å². The van der Waals surface area contributed by atoms with Gasteiger partial charge in [0, 0.05) is 12.7 Å². The van der Waals surface area contributed by atoms with Gasteiger partial charge in [0.05, 0.1) is 26.4 Å². The van der Waals surface area contributed by atoms with E-state index in [0.717, 1.165) is 6.08 Å². The highest BCUT2D eigenvalue weighted by atomic mass is 16.6. The molecule has 0 aliphatic carbocycles. The van der Waals surface area contributed by atoms with Crippen molar-refractivity contribution >= 4 is 11.9 Å². The first-order chi connectivity index (χ1) is 13.0. The van der Waals surface area contributed by atoms with Crippen LogP contribution in [0.2, 0.25) is 0 Å². The second-order valence-corrected chi connectivity index (χ2v) is 4.74. The highest BCUT2D eigenvalue weighted by Crippen LogP contribution is 2.12. The van der Waals surface area contributed by atoms with E-state index in [0.29, 0.717) is 38.8 Å². The van der Waals surface area contributed by atoms with Crippen molar-refractivity contribution < 1.29 is 33.3 Å². The largest absolute Gasteiger partial charge is 0.460 e. The molecule has 0 heterocycles. The Bertz CT molecular complexity index is 555. The van der Waals surface area contributed by atoms with Crippen LogP contribution >= 0.6 is 0 Å². The topological polar surface area (TPSA) is 80.3 Å². The van der Waals surface area contributed by atoms with E-state index in [4.69, 9.17) is 18.9 Å². The molecular weight excluding hydrogens is 352 g/mol. The lowest BCUT2D eigenvalue weighted by molar-refractivity contribution is -0.141. The van der Waals surface area contributed by atoms with Gasteiger partial charge in [-0.15, -0.1) is 0 Å². The van der Waals surface area contributed by atoms with Crippen molar-refractivity contribution in [3.63, 3.8) is 0 Å². The van der Waals surface area contributed by atoms with E-state index < -0.39 is 11.9 Å². The Morgan fingerprint density at radius 1 is 0.926 bits per heavy atom. The molecule has 0 aliphatic rings. The number of hydrogen-bond acceptors (Lipinski definition) is 7. The Morgan fingerprint density at radius 2 is 1.56 bits per heavy atom. The van der Waals surface area contributed by atoms with Gasteiger partial charge in [-0.25, -0.2) is 9.59 Å². The molecule has 0 atom stereocenters. The number of para-hydroxylation sites is 1. The van der Waals surface area contributed by atoms with Crippen molar-refractivity contribution in [3.8, 4) is 5.75 Å². The maximum atomic E-state index is 11.1. The van der Waals surface area contributed by atoms with Crippen molar-refractivity contribution in [2.45, 2.75) is 13.8 Å². The summed E-state index contributed by atoms with van der Waals surface area (Å²) in [7, 11) is 0. The molecule has 0 aliphatic heterocycles. The van der Waals surface area contributed by atoms with E-state index in [1.807, 2.05) is 25.1 Å². The number of esters is 2. The molecule has 27 heavy (non-hydrogen) atoms. The van der Waals surface area contributed by atoms with Gasteiger partial charge in [0.2, 0.25) is 5.76 Å².